The van der Waals surface area contributed by atoms with E-state index in [-0.39, 0.29) is 11.6 Å². The first-order valence-corrected chi connectivity index (χ1v) is 5.91. The van der Waals surface area contributed by atoms with Crippen LogP contribution in [0.2, 0.25) is 0 Å². The standard InChI is InChI=1S/C13H19FN2O/c1-3-9(4-2)8-16-13(17)11-6-5-10(14)7-12(11)15/h5-7,9H,3-4,8,15H2,1-2H3,(H,16,17). The summed E-state index contributed by atoms with van der Waals surface area (Å²) in [6.45, 7) is 4.81. The van der Waals surface area contributed by atoms with Crippen LogP contribution in [0.1, 0.15) is 37.0 Å². The zero-order valence-corrected chi connectivity index (χ0v) is 10.3. The Bertz CT molecular complexity index is 389. The zero-order valence-electron chi connectivity index (χ0n) is 10.3. The zero-order chi connectivity index (χ0) is 12.8. The number of anilines is 1. The Balaban J connectivity index is 2.64. The second-order valence-corrected chi connectivity index (χ2v) is 4.12. The molecule has 0 aliphatic heterocycles. The summed E-state index contributed by atoms with van der Waals surface area (Å²) in [5.74, 6) is -0.200. The number of hydrogen-bond acceptors (Lipinski definition) is 2. The third-order valence-corrected chi connectivity index (χ3v) is 2.96. The van der Waals surface area contributed by atoms with Crippen LogP contribution in [0.5, 0.6) is 0 Å². The molecule has 0 fully saturated rings. The monoisotopic (exact) mass is 238 g/mol. The normalized spacial score (nSPS) is 10.6. The molecular formula is C13H19FN2O. The summed E-state index contributed by atoms with van der Waals surface area (Å²) in [5, 5.41) is 2.82. The molecule has 1 rings (SSSR count). The highest BCUT2D eigenvalue weighted by Gasteiger charge is 2.11. The SMILES string of the molecule is CCC(CC)CNC(=O)c1ccc(F)cc1N. The topological polar surface area (TPSA) is 55.1 Å². The molecule has 0 aromatic heterocycles. The summed E-state index contributed by atoms with van der Waals surface area (Å²) < 4.78 is 12.8. The predicted octanol–water partition coefficient (Wildman–Crippen LogP) is 2.57. The van der Waals surface area contributed by atoms with Crippen molar-refractivity contribution in [3.8, 4) is 0 Å². The van der Waals surface area contributed by atoms with Crippen LogP contribution in [0.15, 0.2) is 18.2 Å². The predicted molar refractivity (Wildman–Crippen MR) is 67.2 cm³/mol. The van der Waals surface area contributed by atoms with Gasteiger partial charge < -0.3 is 11.1 Å². The van der Waals surface area contributed by atoms with Gasteiger partial charge in [-0.1, -0.05) is 26.7 Å². The number of nitrogen functional groups attached to an aromatic ring is 1. The van der Waals surface area contributed by atoms with Gasteiger partial charge in [-0.15, -0.1) is 0 Å². The Hall–Kier alpha value is -1.58. The lowest BCUT2D eigenvalue weighted by Crippen LogP contribution is -2.29. The fourth-order valence-corrected chi connectivity index (χ4v) is 1.65. The van der Waals surface area contributed by atoms with E-state index in [2.05, 4.69) is 19.2 Å². The third-order valence-electron chi connectivity index (χ3n) is 2.96. The van der Waals surface area contributed by atoms with Crippen LogP contribution in [0.4, 0.5) is 10.1 Å². The fraction of sp³-hybridized carbons (Fsp3) is 0.462. The van der Waals surface area contributed by atoms with Gasteiger partial charge in [-0.3, -0.25) is 4.79 Å². The first kappa shape index (κ1) is 13.5. The van der Waals surface area contributed by atoms with Gasteiger partial charge in [0.2, 0.25) is 0 Å². The van der Waals surface area contributed by atoms with Crippen molar-refractivity contribution in [1.29, 1.82) is 0 Å². The Morgan fingerprint density at radius 3 is 2.59 bits per heavy atom. The van der Waals surface area contributed by atoms with Gasteiger partial charge >= 0.3 is 0 Å². The van der Waals surface area contributed by atoms with Gasteiger partial charge in [0.25, 0.3) is 5.91 Å². The fourth-order valence-electron chi connectivity index (χ4n) is 1.65. The molecule has 0 saturated carbocycles. The molecule has 3 nitrogen and oxygen atoms in total. The molecule has 1 amide bonds. The van der Waals surface area contributed by atoms with E-state index in [0.717, 1.165) is 18.9 Å². The molecule has 0 unspecified atom stereocenters. The maximum absolute atomic E-state index is 12.8. The number of benzene rings is 1. The molecule has 0 heterocycles. The molecule has 17 heavy (non-hydrogen) atoms. The highest BCUT2D eigenvalue weighted by molar-refractivity contribution is 5.99. The van der Waals surface area contributed by atoms with Crippen molar-refractivity contribution in [3.63, 3.8) is 0 Å². The van der Waals surface area contributed by atoms with Crippen LogP contribution in [0.25, 0.3) is 0 Å². The summed E-state index contributed by atoms with van der Waals surface area (Å²) in [5.41, 5.74) is 6.10. The number of nitrogens with two attached hydrogens (primary N) is 1. The summed E-state index contributed by atoms with van der Waals surface area (Å²) in [6, 6.07) is 3.81. The van der Waals surface area contributed by atoms with Crippen molar-refractivity contribution in [2.75, 3.05) is 12.3 Å². The molecule has 3 N–H and O–H groups in total. The van der Waals surface area contributed by atoms with Gasteiger partial charge in [0.05, 0.1) is 5.56 Å². The number of rotatable bonds is 5. The second-order valence-electron chi connectivity index (χ2n) is 4.12. The average Bonchev–Trinajstić information content (AvgIpc) is 2.30. The Morgan fingerprint density at radius 2 is 2.06 bits per heavy atom. The van der Waals surface area contributed by atoms with Gasteiger partial charge in [-0.2, -0.15) is 0 Å². The number of carbonyl (C=O) groups is 1. The Kier molecular flexibility index (Phi) is 4.94. The van der Waals surface area contributed by atoms with Crippen molar-refractivity contribution >= 4 is 11.6 Å². The smallest absolute Gasteiger partial charge is 0.253 e. The van der Waals surface area contributed by atoms with Crippen molar-refractivity contribution in [2.45, 2.75) is 26.7 Å². The molecule has 1 aromatic rings. The van der Waals surface area contributed by atoms with Crippen LogP contribution in [0.3, 0.4) is 0 Å². The van der Waals surface area contributed by atoms with Gasteiger partial charge in [-0.05, 0) is 24.1 Å². The molecule has 0 radical (unpaired) electrons. The highest BCUT2D eigenvalue weighted by Crippen LogP contribution is 2.13. The summed E-state index contributed by atoms with van der Waals surface area (Å²) in [6.07, 6.45) is 2.05. The lowest BCUT2D eigenvalue weighted by atomic mass is 10.0. The molecule has 94 valence electrons. The van der Waals surface area contributed by atoms with Crippen molar-refractivity contribution < 1.29 is 9.18 Å². The van der Waals surface area contributed by atoms with Gasteiger partial charge in [0.15, 0.2) is 0 Å². The third kappa shape index (κ3) is 3.73. The molecule has 0 saturated heterocycles. The molecule has 0 atom stereocenters. The van der Waals surface area contributed by atoms with Crippen molar-refractivity contribution in [1.82, 2.24) is 5.32 Å². The number of nitrogens with one attached hydrogen (secondary N) is 1. The van der Waals surface area contributed by atoms with Gasteiger partial charge in [0.1, 0.15) is 5.82 Å². The van der Waals surface area contributed by atoms with E-state index in [1.807, 2.05) is 0 Å². The van der Waals surface area contributed by atoms with Crippen molar-refractivity contribution in [2.24, 2.45) is 5.92 Å². The molecular weight excluding hydrogens is 219 g/mol. The van der Waals surface area contributed by atoms with E-state index in [9.17, 15) is 9.18 Å². The summed E-state index contributed by atoms with van der Waals surface area (Å²) in [7, 11) is 0. The molecule has 0 aliphatic carbocycles. The molecule has 0 spiro atoms. The maximum atomic E-state index is 12.8. The Morgan fingerprint density at radius 1 is 1.41 bits per heavy atom. The number of amides is 1. The number of hydrogen-bond donors (Lipinski definition) is 2. The van der Waals surface area contributed by atoms with E-state index in [1.54, 1.807) is 0 Å². The quantitative estimate of drug-likeness (QED) is 0.775. The van der Waals surface area contributed by atoms with E-state index >= 15 is 0 Å². The van der Waals surface area contributed by atoms with Crippen LogP contribution in [-0.2, 0) is 0 Å². The van der Waals surface area contributed by atoms with E-state index < -0.39 is 5.82 Å². The highest BCUT2D eigenvalue weighted by atomic mass is 19.1. The van der Waals surface area contributed by atoms with Crippen LogP contribution in [-0.4, -0.2) is 12.5 Å². The minimum Gasteiger partial charge on any atom is -0.398 e. The van der Waals surface area contributed by atoms with E-state index in [1.165, 1.54) is 12.1 Å². The number of carbonyl (C=O) groups excluding carboxylic acids is 1. The van der Waals surface area contributed by atoms with Gasteiger partial charge in [0, 0.05) is 12.2 Å². The minimum absolute atomic E-state index is 0.173. The molecule has 4 heteroatoms. The summed E-state index contributed by atoms with van der Waals surface area (Å²) >= 11 is 0. The lowest BCUT2D eigenvalue weighted by molar-refractivity contribution is 0.0947. The average molecular weight is 238 g/mol. The molecule has 1 aromatic carbocycles. The summed E-state index contributed by atoms with van der Waals surface area (Å²) in [4.78, 5) is 11.8. The van der Waals surface area contributed by atoms with Gasteiger partial charge in [-0.25, -0.2) is 4.39 Å². The van der Waals surface area contributed by atoms with Crippen molar-refractivity contribution in [3.05, 3.63) is 29.6 Å². The molecule has 0 bridgehead atoms. The molecule has 0 aliphatic rings. The largest absolute Gasteiger partial charge is 0.398 e. The first-order chi connectivity index (χ1) is 8.08. The second kappa shape index (κ2) is 6.23. The lowest BCUT2D eigenvalue weighted by Gasteiger charge is -2.13. The van der Waals surface area contributed by atoms with Crippen LogP contribution < -0.4 is 11.1 Å². The minimum atomic E-state index is -0.431. The first-order valence-electron chi connectivity index (χ1n) is 5.91. The van der Waals surface area contributed by atoms with E-state index in [0.29, 0.717) is 18.0 Å². The van der Waals surface area contributed by atoms with Crippen LogP contribution in [0, 0.1) is 11.7 Å². The Labute approximate surface area is 101 Å². The number of halogens is 1. The van der Waals surface area contributed by atoms with E-state index in [4.69, 9.17) is 5.73 Å². The van der Waals surface area contributed by atoms with Crippen LogP contribution >= 0.6 is 0 Å². The maximum Gasteiger partial charge on any atom is 0.253 e.